The molecule has 25 heavy (non-hydrogen) atoms. The molecule has 0 radical (unpaired) electrons. The second kappa shape index (κ2) is 6.99. The van der Waals surface area contributed by atoms with E-state index < -0.39 is 10.9 Å². The summed E-state index contributed by atoms with van der Waals surface area (Å²) in [6.45, 7) is 4.72. The Morgan fingerprint density at radius 2 is 2.28 bits per heavy atom. The van der Waals surface area contributed by atoms with Crippen molar-refractivity contribution in [3.05, 3.63) is 57.9 Å². The Morgan fingerprint density at radius 3 is 2.96 bits per heavy atom. The highest BCUT2D eigenvalue weighted by Crippen LogP contribution is 2.29. The molecule has 0 aliphatic carbocycles. The van der Waals surface area contributed by atoms with E-state index in [-0.39, 0.29) is 11.9 Å². The second-order valence-corrected chi connectivity index (χ2v) is 5.75. The lowest BCUT2D eigenvalue weighted by Crippen LogP contribution is -2.42. The maximum Gasteiger partial charge on any atom is 0.491 e. The van der Waals surface area contributed by atoms with Gasteiger partial charge in [0, 0.05) is 16.7 Å². The van der Waals surface area contributed by atoms with Crippen molar-refractivity contribution < 1.29 is 14.5 Å². The van der Waals surface area contributed by atoms with Crippen molar-refractivity contribution in [2.24, 2.45) is 0 Å². The highest BCUT2D eigenvalue weighted by atomic mass is 35.5. The first-order valence-corrected chi connectivity index (χ1v) is 7.75. The van der Waals surface area contributed by atoms with E-state index in [9.17, 15) is 14.9 Å². The van der Waals surface area contributed by atoms with Gasteiger partial charge >= 0.3 is 5.95 Å². The third-order valence-electron chi connectivity index (χ3n) is 3.78. The Hall–Kier alpha value is -2.78. The summed E-state index contributed by atoms with van der Waals surface area (Å²) in [5.41, 5.74) is 1.23. The maximum atomic E-state index is 12.1. The van der Waals surface area contributed by atoms with Crippen LogP contribution in [-0.4, -0.2) is 50.3 Å². The van der Waals surface area contributed by atoms with Crippen LogP contribution in [0.5, 0.6) is 0 Å². The number of halogens is 1. The lowest BCUT2D eigenvalue weighted by atomic mass is 10.0. The van der Waals surface area contributed by atoms with Crippen molar-refractivity contribution in [2.45, 2.75) is 6.04 Å². The average Bonchev–Trinajstić information content (AvgIpc) is 3.11. The molecule has 1 aromatic carbocycles. The summed E-state index contributed by atoms with van der Waals surface area (Å²) in [4.78, 5) is 27.4. The molecule has 1 saturated heterocycles. The fraction of sp³-hybridized carbons (Fsp3) is 0.267. The van der Waals surface area contributed by atoms with E-state index in [0.29, 0.717) is 30.5 Å². The van der Waals surface area contributed by atoms with E-state index >= 15 is 0 Å². The van der Waals surface area contributed by atoms with E-state index in [4.69, 9.17) is 16.3 Å². The van der Waals surface area contributed by atoms with Gasteiger partial charge in [0.2, 0.25) is 12.2 Å². The monoisotopic (exact) mass is 363 g/mol. The lowest BCUT2D eigenvalue weighted by Gasteiger charge is -2.35. The molecular weight excluding hydrogens is 350 g/mol. The molecule has 0 saturated carbocycles. The predicted octanol–water partition coefficient (Wildman–Crippen LogP) is 1.91. The van der Waals surface area contributed by atoms with Gasteiger partial charge in [-0.3, -0.25) is 4.79 Å². The first kappa shape index (κ1) is 17.1. The topological polar surface area (TPSA) is 103 Å². The molecule has 1 aromatic heterocycles. The largest absolute Gasteiger partial charge is 0.491 e. The predicted molar refractivity (Wildman–Crippen MR) is 88.5 cm³/mol. The second-order valence-electron chi connectivity index (χ2n) is 5.32. The standard InChI is InChI=1S/C15H14ClN5O4/c1-2-14(22)19-3-4-25-8-13(19)10-5-11(16)7-12(6-10)20-9-17-15(18-20)21(23)24/h2,5-7,9,13H,1,3-4,8H2/t13-/m0/s1. The number of carbonyl (C=O) groups excluding carboxylic acids is 1. The van der Waals surface area contributed by atoms with Crippen molar-refractivity contribution >= 4 is 23.5 Å². The number of rotatable bonds is 4. The Bertz CT molecular complexity index is 837. The van der Waals surface area contributed by atoms with Crippen LogP contribution in [0, 0.1) is 10.1 Å². The zero-order valence-corrected chi connectivity index (χ0v) is 13.8. The molecule has 10 heteroatoms. The van der Waals surface area contributed by atoms with Crippen LogP contribution < -0.4 is 0 Å². The van der Waals surface area contributed by atoms with Crippen LogP contribution in [0.4, 0.5) is 5.95 Å². The van der Waals surface area contributed by atoms with Gasteiger partial charge in [-0.15, -0.1) is 4.68 Å². The summed E-state index contributed by atoms with van der Waals surface area (Å²) in [5, 5.41) is 15.0. The van der Waals surface area contributed by atoms with E-state index in [0.717, 1.165) is 5.56 Å². The first-order valence-electron chi connectivity index (χ1n) is 7.37. The smallest absolute Gasteiger partial charge is 0.390 e. The third-order valence-corrected chi connectivity index (χ3v) is 4.00. The van der Waals surface area contributed by atoms with E-state index in [1.54, 1.807) is 23.1 Å². The van der Waals surface area contributed by atoms with Crippen LogP contribution in [0.25, 0.3) is 5.69 Å². The number of morpholine rings is 1. The minimum atomic E-state index is -0.679. The number of nitrogens with zero attached hydrogens (tertiary/aromatic N) is 5. The summed E-state index contributed by atoms with van der Waals surface area (Å²) in [5.74, 6) is -0.711. The Kier molecular flexibility index (Phi) is 4.77. The summed E-state index contributed by atoms with van der Waals surface area (Å²) in [6, 6.07) is 4.73. The molecule has 2 heterocycles. The van der Waals surface area contributed by atoms with E-state index in [1.165, 1.54) is 17.1 Å². The molecule has 1 fully saturated rings. The highest BCUT2D eigenvalue weighted by Gasteiger charge is 2.28. The van der Waals surface area contributed by atoms with Gasteiger partial charge in [0.25, 0.3) is 0 Å². The van der Waals surface area contributed by atoms with Gasteiger partial charge in [0.05, 0.1) is 24.9 Å². The summed E-state index contributed by atoms with van der Waals surface area (Å²) in [6.07, 6.45) is 2.49. The quantitative estimate of drug-likeness (QED) is 0.467. The fourth-order valence-corrected chi connectivity index (χ4v) is 2.88. The molecule has 130 valence electrons. The number of hydrogen-bond donors (Lipinski definition) is 0. The SMILES string of the molecule is C=CC(=O)N1CCOC[C@H]1c1cc(Cl)cc(-n2cnc([N+](=O)[O-])n2)c1. The van der Waals surface area contributed by atoms with Crippen LogP contribution >= 0.6 is 11.6 Å². The molecule has 9 nitrogen and oxygen atoms in total. The van der Waals surface area contributed by atoms with Gasteiger partial charge in [0.1, 0.15) is 0 Å². The first-order chi connectivity index (χ1) is 12.0. The summed E-state index contributed by atoms with van der Waals surface area (Å²) < 4.78 is 6.75. The summed E-state index contributed by atoms with van der Waals surface area (Å²) >= 11 is 6.19. The molecule has 1 atom stereocenters. The van der Waals surface area contributed by atoms with Gasteiger partial charge in [-0.05, 0) is 34.8 Å². The number of aromatic nitrogens is 3. The number of amides is 1. The van der Waals surface area contributed by atoms with Gasteiger partial charge < -0.3 is 19.8 Å². The van der Waals surface area contributed by atoms with Gasteiger partial charge in [-0.25, -0.2) is 0 Å². The van der Waals surface area contributed by atoms with Crippen molar-refractivity contribution in [1.82, 2.24) is 19.7 Å². The molecule has 0 unspecified atom stereocenters. The zero-order valence-electron chi connectivity index (χ0n) is 13.0. The van der Waals surface area contributed by atoms with Crippen molar-refractivity contribution in [3.63, 3.8) is 0 Å². The van der Waals surface area contributed by atoms with Crippen LogP contribution in [0.1, 0.15) is 11.6 Å². The molecule has 0 spiro atoms. The van der Waals surface area contributed by atoms with E-state index in [2.05, 4.69) is 16.7 Å². The fourth-order valence-electron chi connectivity index (χ4n) is 2.64. The number of carbonyl (C=O) groups is 1. The third kappa shape index (κ3) is 3.52. The number of nitro groups is 1. The number of hydrogen-bond acceptors (Lipinski definition) is 6. The molecule has 1 aliphatic heterocycles. The molecule has 0 N–H and O–H groups in total. The van der Waals surface area contributed by atoms with Gasteiger partial charge in [-0.2, -0.15) is 0 Å². The number of ether oxygens (including phenoxy) is 1. The van der Waals surface area contributed by atoms with Crippen molar-refractivity contribution in [2.75, 3.05) is 19.8 Å². The molecule has 2 aromatic rings. The van der Waals surface area contributed by atoms with Gasteiger partial charge in [-0.1, -0.05) is 23.2 Å². The summed E-state index contributed by atoms with van der Waals surface area (Å²) in [7, 11) is 0. The van der Waals surface area contributed by atoms with Crippen LogP contribution in [0.15, 0.2) is 37.2 Å². The molecule has 1 amide bonds. The van der Waals surface area contributed by atoms with Crippen molar-refractivity contribution in [3.8, 4) is 5.69 Å². The lowest BCUT2D eigenvalue weighted by molar-refractivity contribution is -0.394. The van der Waals surface area contributed by atoms with Crippen LogP contribution in [-0.2, 0) is 9.53 Å². The minimum absolute atomic E-state index is 0.203. The molecule has 3 rings (SSSR count). The highest BCUT2D eigenvalue weighted by molar-refractivity contribution is 6.30. The average molecular weight is 364 g/mol. The molecule has 0 bridgehead atoms. The van der Waals surface area contributed by atoms with E-state index in [1.807, 2.05) is 0 Å². The molecule has 1 aliphatic rings. The zero-order chi connectivity index (χ0) is 18.0. The minimum Gasteiger partial charge on any atom is -0.390 e. The van der Waals surface area contributed by atoms with Crippen LogP contribution in [0.2, 0.25) is 5.02 Å². The maximum absolute atomic E-state index is 12.1. The normalized spacial score (nSPS) is 17.3. The Morgan fingerprint density at radius 1 is 1.48 bits per heavy atom. The van der Waals surface area contributed by atoms with Crippen molar-refractivity contribution in [1.29, 1.82) is 0 Å². The van der Waals surface area contributed by atoms with Crippen LogP contribution in [0.3, 0.4) is 0 Å². The molecular formula is C15H14ClN5O4. The Labute approximate surface area is 147 Å². The number of benzene rings is 1. The Balaban J connectivity index is 1.99. The van der Waals surface area contributed by atoms with Gasteiger partial charge in [0.15, 0.2) is 0 Å².